The fourth-order valence-electron chi connectivity index (χ4n) is 3.08. The lowest BCUT2D eigenvalue weighted by atomic mass is 10.1. The monoisotopic (exact) mass is 275 g/mol. The van der Waals surface area contributed by atoms with E-state index in [9.17, 15) is 0 Å². The van der Waals surface area contributed by atoms with Crippen molar-refractivity contribution >= 4 is 28.0 Å². The predicted octanol–water partition coefficient (Wildman–Crippen LogP) is 3.75. The predicted molar refractivity (Wildman–Crippen MR) is 89.0 cm³/mol. The number of nitrogen functional groups attached to an aromatic ring is 1. The van der Waals surface area contributed by atoms with Gasteiger partial charge in [-0.15, -0.1) is 0 Å². The Kier molecular flexibility index (Phi) is 2.39. The highest BCUT2D eigenvalue weighted by atomic mass is 15.2. The topological polar surface area (TPSA) is 34.2 Å². The van der Waals surface area contributed by atoms with E-state index in [-0.39, 0.29) is 0 Å². The molecule has 0 amide bonds. The van der Waals surface area contributed by atoms with Gasteiger partial charge in [0.15, 0.2) is 0 Å². The second kappa shape index (κ2) is 4.16. The van der Waals surface area contributed by atoms with E-state index in [0.29, 0.717) is 0 Å². The summed E-state index contributed by atoms with van der Waals surface area (Å²) in [4.78, 5) is 2.25. The summed E-state index contributed by atoms with van der Waals surface area (Å²) in [5.41, 5.74) is 12.5. The molecule has 0 fully saturated rings. The van der Waals surface area contributed by atoms with Gasteiger partial charge < -0.3 is 15.2 Å². The molecule has 0 saturated heterocycles. The van der Waals surface area contributed by atoms with Crippen LogP contribution in [0, 0.1) is 0 Å². The zero-order valence-corrected chi connectivity index (χ0v) is 12.0. The minimum atomic E-state index is 0.787. The maximum atomic E-state index is 5.89. The van der Waals surface area contributed by atoms with Gasteiger partial charge in [-0.3, -0.25) is 0 Å². The van der Waals surface area contributed by atoms with Crippen LogP contribution >= 0.6 is 0 Å². The quantitative estimate of drug-likeness (QED) is 0.686. The van der Waals surface area contributed by atoms with Gasteiger partial charge in [0.1, 0.15) is 0 Å². The van der Waals surface area contributed by atoms with Crippen LogP contribution in [-0.2, 0) is 13.6 Å². The number of rotatable bonds is 1. The highest BCUT2D eigenvalue weighted by Crippen LogP contribution is 2.37. The number of nitrogens with zero attached hydrogens (tertiary/aromatic N) is 2. The fourth-order valence-corrected chi connectivity index (χ4v) is 3.08. The van der Waals surface area contributed by atoms with E-state index in [2.05, 4.69) is 59.6 Å². The molecule has 3 heteroatoms. The zero-order chi connectivity index (χ0) is 14.6. The van der Waals surface area contributed by atoms with Gasteiger partial charge in [0, 0.05) is 47.9 Å². The molecule has 2 heterocycles. The highest BCUT2D eigenvalue weighted by Gasteiger charge is 2.23. The molecule has 0 saturated carbocycles. The molecule has 0 radical (unpaired) electrons. The number of anilines is 2. The van der Waals surface area contributed by atoms with Crippen molar-refractivity contribution in [3.8, 4) is 0 Å². The summed E-state index contributed by atoms with van der Waals surface area (Å²) in [7, 11) is 2.07. The number of hydrogen-bond acceptors (Lipinski definition) is 2. The SMILES string of the molecule is C=C1c2cc(N)ccc2CN1c1ccc2ccn(C)c2c1. The van der Waals surface area contributed by atoms with Crippen molar-refractivity contribution in [2.24, 2.45) is 7.05 Å². The summed E-state index contributed by atoms with van der Waals surface area (Å²) in [5.74, 6) is 0. The Morgan fingerprint density at radius 1 is 1.10 bits per heavy atom. The molecule has 2 aromatic carbocycles. The number of hydrogen-bond donors (Lipinski definition) is 1. The first-order chi connectivity index (χ1) is 10.1. The van der Waals surface area contributed by atoms with Crippen LogP contribution in [-0.4, -0.2) is 4.57 Å². The van der Waals surface area contributed by atoms with Gasteiger partial charge in [-0.1, -0.05) is 18.7 Å². The van der Waals surface area contributed by atoms with Crippen LogP contribution in [0.3, 0.4) is 0 Å². The third kappa shape index (κ3) is 1.74. The van der Waals surface area contributed by atoms with Gasteiger partial charge in [0.2, 0.25) is 0 Å². The van der Waals surface area contributed by atoms with E-state index in [1.165, 1.54) is 22.2 Å². The standard InChI is InChI=1S/C18H17N3/c1-12-17-9-15(19)5-3-14(17)11-21(12)16-6-4-13-7-8-20(2)18(13)10-16/h3-10H,1,11,19H2,2H3. The van der Waals surface area contributed by atoms with E-state index in [1.54, 1.807) is 0 Å². The van der Waals surface area contributed by atoms with Gasteiger partial charge in [-0.2, -0.15) is 0 Å². The summed E-state index contributed by atoms with van der Waals surface area (Å²) in [6.45, 7) is 5.10. The summed E-state index contributed by atoms with van der Waals surface area (Å²) in [6.07, 6.45) is 2.09. The Bertz CT molecular complexity index is 873. The molecule has 1 aliphatic heterocycles. The number of benzene rings is 2. The Morgan fingerprint density at radius 2 is 1.95 bits per heavy atom. The first-order valence-corrected chi connectivity index (χ1v) is 7.04. The van der Waals surface area contributed by atoms with Crippen molar-refractivity contribution in [1.82, 2.24) is 4.57 Å². The molecule has 0 unspecified atom stereocenters. The average molecular weight is 275 g/mol. The molecular weight excluding hydrogens is 258 g/mol. The Hall–Kier alpha value is -2.68. The van der Waals surface area contributed by atoms with E-state index < -0.39 is 0 Å². The van der Waals surface area contributed by atoms with E-state index in [4.69, 9.17) is 5.73 Å². The minimum absolute atomic E-state index is 0.787. The Balaban J connectivity index is 1.80. The van der Waals surface area contributed by atoms with Crippen LogP contribution in [0.25, 0.3) is 16.6 Å². The third-order valence-electron chi connectivity index (χ3n) is 4.28. The van der Waals surface area contributed by atoms with Crippen molar-refractivity contribution in [3.63, 3.8) is 0 Å². The summed E-state index contributed by atoms with van der Waals surface area (Å²) < 4.78 is 2.14. The van der Waals surface area contributed by atoms with Gasteiger partial charge in [0.05, 0.1) is 0 Å². The third-order valence-corrected chi connectivity index (χ3v) is 4.28. The maximum absolute atomic E-state index is 5.89. The maximum Gasteiger partial charge on any atom is 0.0498 e. The lowest BCUT2D eigenvalue weighted by molar-refractivity contribution is 0.967. The van der Waals surface area contributed by atoms with Gasteiger partial charge in [-0.25, -0.2) is 0 Å². The molecule has 0 spiro atoms. The van der Waals surface area contributed by atoms with Crippen LogP contribution in [0.4, 0.5) is 11.4 Å². The second-order valence-electron chi connectivity index (χ2n) is 5.62. The molecule has 4 rings (SSSR count). The molecule has 0 aliphatic carbocycles. The number of fused-ring (bicyclic) bond motifs is 2. The molecule has 3 aromatic rings. The van der Waals surface area contributed by atoms with Crippen LogP contribution in [0.2, 0.25) is 0 Å². The van der Waals surface area contributed by atoms with Crippen LogP contribution in [0.1, 0.15) is 11.1 Å². The zero-order valence-electron chi connectivity index (χ0n) is 12.0. The molecule has 1 aromatic heterocycles. The number of nitrogens with two attached hydrogens (primary N) is 1. The fraction of sp³-hybridized carbons (Fsp3) is 0.111. The van der Waals surface area contributed by atoms with E-state index >= 15 is 0 Å². The normalized spacial score (nSPS) is 14.0. The van der Waals surface area contributed by atoms with E-state index in [0.717, 1.165) is 23.5 Å². The molecule has 2 N–H and O–H groups in total. The number of aromatic nitrogens is 1. The molecule has 1 aliphatic rings. The average Bonchev–Trinajstić information content (AvgIpc) is 3.01. The van der Waals surface area contributed by atoms with Crippen molar-refractivity contribution in [2.75, 3.05) is 10.6 Å². The van der Waals surface area contributed by atoms with Crippen molar-refractivity contribution in [1.29, 1.82) is 0 Å². The second-order valence-corrected chi connectivity index (χ2v) is 5.62. The summed E-state index contributed by atoms with van der Waals surface area (Å²) >= 11 is 0. The van der Waals surface area contributed by atoms with Gasteiger partial charge >= 0.3 is 0 Å². The minimum Gasteiger partial charge on any atom is -0.399 e. The summed E-state index contributed by atoms with van der Waals surface area (Å²) in [6, 6.07) is 14.7. The Morgan fingerprint density at radius 3 is 2.81 bits per heavy atom. The largest absolute Gasteiger partial charge is 0.399 e. The van der Waals surface area contributed by atoms with Crippen molar-refractivity contribution in [2.45, 2.75) is 6.54 Å². The van der Waals surface area contributed by atoms with Crippen LogP contribution < -0.4 is 10.6 Å². The van der Waals surface area contributed by atoms with Crippen LogP contribution in [0.5, 0.6) is 0 Å². The Labute approximate surface area is 123 Å². The van der Waals surface area contributed by atoms with Crippen molar-refractivity contribution in [3.05, 3.63) is 66.4 Å². The molecule has 0 atom stereocenters. The molecule has 3 nitrogen and oxygen atoms in total. The van der Waals surface area contributed by atoms with Gasteiger partial charge in [-0.05, 0) is 41.3 Å². The molecular formula is C18H17N3. The lowest BCUT2D eigenvalue weighted by Crippen LogP contribution is -2.12. The van der Waals surface area contributed by atoms with Crippen LogP contribution in [0.15, 0.2) is 55.2 Å². The molecule has 0 bridgehead atoms. The number of aryl methyl sites for hydroxylation is 1. The first kappa shape index (κ1) is 12.1. The van der Waals surface area contributed by atoms with Crippen molar-refractivity contribution < 1.29 is 0 Å². The first-order valence-electron chi connectivity index (χ1n) is 7.04. The molecule has 21 heavy (non-hydrogen) atoms. The highest BCUT2D eigenvalue weighted by molar-refractivity contribution is 5.90. The van der Waals surface area contributed by atoms with Gasteiger partial charge in [0.25, 0.3) is 0 Å². The molecule has 104 valence electrons. The smallest absolute Gasteiger partial charge is 0.0498 e. The lowest BCUT2D eigenvalue weighted by Gasteiger charge is -2.20. The summed E-state index contributed by atoms with van der Waals surface area (Å²) in [5, 5.41) is 1.26. The van der Waals surface area contributed by atoms with E-state index in [1.807, 2.05) is 12.1 Å².